The Morgan fingerprint density at radius 3 is 2.60 bits per heavy atom. The number of benzene rings is 2. The fraction of sp³-hybridized carbons (Fsp3) is 0.292. The molecule has 5 nitrogen and oxygen atoms in total. The van der Waals surface area contributed by atoms with E-state index in [-0.39, 0.29) is 12.1 Å². The van der Waals surface area contributed by atoms with Crippen LogP contribution in [0.3, 0.4) is 0 Å². The molecule has 1 saturated carbocycles. The van der Waals surface area contributed by atoms with E-state index in [0.717, 1.165) is 53.3 Å². The molecular weight excluding hydrogens is 398 g/mol. The maximum absolute atomic E-state index is 12.0. The Hall–Kier alpha value is -2.76. The third-order valence-electron chi connectivity index (χ3n) is 5.77. The van der Waals surface area contributed by atoms with Crippen molar-refractivity contribution in [1.82, 2.24) is 4.57 Å². The van der Waals surface area contributed by atoms with Crippen LogP contribution in [0.1, 0.15) is 47.3 Å². The number of nitrogens with zero attached hydrogens (tertiary/aromatic N) is 1. The van der Waals surface area contributed by atoms with Crippen LogP contribution in [-0.4, -0.2) is 27.7 Å². The van der Waals surface area contributed by atoms with E-state index in [1.54, 1.807) is 6.07 Å². The van der Waals surface area contributed by atoms with Crippen LogP contribution < -0.4 is 11.1 Å². The molecule has 3 aromatic rings. The van der Waals surface area contributed by atoms with E-state index in [0.29, 0.717) is 12.0 Å². The molecule has 0 aliphatic heterocycles. The second-order valence-corrected chi connectivity index (χ2v) is 8.29. The molecule has 1 aliphatic carbocycles. The van der Waals surface area contributed by atoms with Gasteiger partial charge in [-0.15, -0.1) is 0 Å². The van der Waals surface area contributed by atoms with Gasteiger partial charge >= 0.3 is 0 Å². The lowest BCUT2D eigenvalue weighted by atomic mass is 9.92. The monoisotopic (exact) mass is 423 g/mol. The Balaban J connectivity index is 1.63. The number of nitrogens with one attached hydrogen (secondary N) is 1. The number of hydrogen-bond donors (Lipinski definition) is 3. The summed E-state index contributed by atoms with van der Waals surface area (Å²) in [6.07, 6.45) is 5.75. The van der Waals surface area contributed by atoms with Crippen molar-refractivity contribution in [2.75, 3.05) is 5.32 Å². The average Bonchev–Trinajstić information content (AvgIpc) is 3.19. The number of aromatic nitrogens is 1. The van der Waals surface area contributed by atoms with E-state index in [1.807, 2.05) is 48.7 Å². The van der Waals surface area contributed by atoms with Gasteiger partial charge in [-0.3, -0.25) is 4.79 Å². The Labute approximate surface area is 181 Å². The van der Waals surface area contributed by atoms with E-state index >= 15 is 0 Å². The van der Waals surface area contributed by atoms with Crippen molar-refractivity contribution in [2.24, 2.45) is 5.73 Å². The van der Waals surface area contributed by atoms with Crippen LogP contribution in [0, 0.1) is 0 Å². The van der Waals surface area contributed by atoms with Crippen molar-refractivity contribution < 1.29 is 9.90 Å². The molecule has 1 aliphatic rings. The maximum atomic E-state index is 12.0. The van der Waals surface area contributed by atoms with E-state index < -0.39 is 5.91 Å². The van der Waals surface area contributed by atoms with Crippen molar-refractivity contribution >= 4 is 23.2 Å². The minimum atomic E-state index is -0.455. The van der Waals surface area contributed by atoms with Crippen LogP contribution in [0.5, 0.6) is 0 Å². The molecule has 0 bridgehead atoms. The molecule has 0 unspecified atom stereocenters. The van der Waals surface area contributed by atoms with Gasteiger partial charge in [0.05, 0.1) is 11.7 Å². The third-order valence-corrected chi connectivity index (χ3v) is 6.13. The number of hydrogen-bond acceptors (Lipinski definition) is 3. The molecule has 1 amide bonds. The van der Waals surface area contributed by atoms with Gasteiger partial charge in [0, 0.05) is 40.8 Å². The summed E-state index contributed by atoms with van der Waals surface area (Å²) in [5.41, 5.74) is 9.94. The van der Waals surface area contributed by atoms with Gasteiger partial charge in [0.2, 0.25) is 0 Å². The predicted octanol–water partition coefficient (Wildman–Crippen LogP) is 4.54. The molecule has 6 heteroatoms. The van der Waals surface area contributed by atoms with Crippen molar-refractivity contribution in [3.8, 4) is 5.69 Å². The highest BCUT2D eigenvalue weighted by Crippen LogP contribution is 2.28. The second kappa shape index (κ2) is 8.94. The maximum Gasteiger partial charge on any atom is 0.250 e. The summed E-state index contributed by atoms with van der Waals surface area (Å²) in [6, 6.07) is 17.8. The van der Waals surface area contributed by atoms with Crippen LogP contribution in [0.25, 0.3) is 5.69 Å². The number of aliphatic hydroxyl groups is 1. The van der Waals surface area contributed by atoms with Crippen molar-refractivity contribution in [2.45, 2.75) is 44.2 Å². The molecule has 0 atom stereocenters. The summed E-state index contributed by atoms with van der Waals surface area (Å²) in [7, 11) is 0. The standard InChI is InChI=1S/C24H26ClN3O2/c25-22-6-2-1-4-16(22)14-18-5-3-13-28(18)19-9-12-21(24(26)30)23(15-19)27-17-7-10-20(29)11-8-17/h1-6,9,12-13,15,17,20,27,29H,7-8,10-11,14H2,(H2,26,30)/t17-,20-. The van der Waals surface area contributed by atoms with Crippen LogP contribution in [0.15, 0.2) is 60.8 Å². The van der Waals surface area contributed by atoms with E-state index in [1.165, 1.54) is 0 Å². The number of rotatable bonds is 6. The lowest BCUT2D eigenvalue weighted by Crippen LogP contribution is -2.29. The molecule has 0 radical (unpaired) electrons. The van der Waals surface area contributed by atoms with E-state index in [2.05, 4.69) is 16.0 Å². The summed E-state index contributed by atoms with van der Waals surface area (Å²) < 4.78 is 2.10. The van der Waals surface area contributed by atoms with Crippen LogP contribution >= 0.6 is 11.6 Å². The molecule has 0 spiro atoms. The lowest BCUT2D eigenvalue weighted by Gasteiger charge is -2.28. The zero-order valence-electron chi connectivity index (χ0n) is 16.7. The Bertz CT molecular complexity index is 1040. The Kier molecular flexibility index (Phi) is 6.11. The second-order valence-electron chi connectivity index (χ2n) is 7.88. The predicted molar refractivity (Wildman–Crippen MR) is 120 cm³/mol. The summed E-state index contributed by atoms with van der Waals surface area (Å²) in [5, 5.41) is 14.0. The first-order valence-electron chi connectivity index (χ1n) is 10.3. The first-order valence-corrected chi connectivity index (χ1v) is 10.7. The highest BCUT2D eigenvalue weighted by Gasteiger charge is 2.21. The molecule has 1 heterocycles. The third kappa shape index (κ3) is 4.53. The quantitative estimate of drug-likeness (QED) is 0.544. The molecule has 0 saturated heterocycles. The Morgan fingerprint density at radius 1 is 1.10 bits per heavy atom. The van der Waals surface area contributed by atoms with Gasteiger partial charge in [0.15, 0.2) is 0 Å². The first-order chi connectivity index (χ1) is 14.5. The first kappa shape index (κ1) is 20.5. The molecule has 4 rings (SSSR count). The molecule has 156 valence electrons. The van der Waals surface area contributed by atoms with Gasteiger partial charge in [0.1, 0.15) is 0 Å². The van der Waals surface area contributed by atoms with Gasteiger partial charge in [-0.05, 0) is 67.6 Å². The van der Waals surface area contributed by atoms with Crippen molar-refractivity contribution in [1.29, 1.82) is 0 Å². The SMILES string of the molecule is NC(=O)c1ccc(-n2cccc2Cc2ccccc2Cl)cc1N[C@H]1CC[C@H](O)CC1. The van der Waals surface area contributed by atoms with Gasteiger partial charge in [0.25, 0.3) is 5.91 Å². The highest BCUT2D eigenvalue weighted by molar-refractivity contribution is 6.31. The van der Waals surface area contributed by atoms with Crippen molar-refractivity contribution in [3.63, 3.8) is 0 Å². The van der Waals surface area contributed by atoms with Crippen LogP contribution in [0.4, 0.5) is 5.69 Å². The highest BCUT2D eigenvalue weighted by atomic mass is 35.5. The van der Waals surface area contributed by atoms with Crippen molar-refractivity contribution in [3.05, 3.63) is 82.6 Å². The molecule has 2 aromatic carbocycles. The molecule has 1 fully saturated rings. The smallest absolute Gasteiger partial charge is 0.250 e. The average molecular weight is 424 g/mol. The molecule has 4 N–H and O–H groups in total. The number of halogens is 1. The van der Waals surface area contributed by atoms with Gasteiger partial charge in [-0.2, -0.15) is 0 Å². The van der Waals surface area contributed by atoms with E-state index in [4.69, 9.17) is 17.3 Å². The fourth-order valence-corrected chi connectivity index (χ4v) is 4.31. The molecule has 1 aromatic heterocycles. The number of carbonyl (C=O) groups is 1. The van der Waals surface area contributed by atoms with E-state index in [9.17, 15) is 9.90 Å². The van der Waals surface area contributed by atoms with Gasteiger partial charge in [-0.25, -0.2) is 0 Å². The zero-order chi connectivity index (χ0) is 21.1. The molecule has 30 heavy (non-hydrogen) atoms. The van der Waals surface area contributed by atoms with Gasteiger partial charge in [-0.1, -0.05) is 29.8 Å². The number of amides is 1. The zero-order valence-corrected chi connectivity index (χ0v) is 17.5. The number of carbonyl (C=O) groups excluding carboxylic acids is 1. The summed E-state index contributed by atoms with van der Waals surface area (Å²) in [4.78, 5) is 12.0. The number of nitrogens with two attached hydrogens (primary N) is 1. The molecular formula is C24H26ClN3O2. The van der Waals surface area contributed by atoms with Crippen LogP contribution in [0.2, 0.25) is 5.02 Å². The lowest BCUT2D eigenvalue weighted by molar-refractivity contribution is 0.100. The number of anilines is 1. The fourth-order valence-electron chi connectivity index (χ4n) is 4.11. The van der Waals surface area contributed by atoms with Crippen LogP contribution in [-0.2, 0) is 6.42 Å². The summed E-state index contributed by atoms with van der Waals surface area (Å²) in [6.45, 7) is 0. The normalized spacial score (nSPS) is 18.9. The number of aliphatic hydroxyl groups excluding tert-OH is 1. The topological polar surface area (TPSA) is 80.3 Å². The Morgan fingerprint density at radius 2 is 1.87 bits per heavy atom. The summed E-state index contributed by atoms with van der Waals surface area (Å²) >= 11 is 6.35. The summed E-state index contributed by atoms with van der Waals surface area (Å²) in [5.74, 6) is -0.455. The number of primary amides is 1. The largest absolute Gasteiger partial charge is 0.393 e. The van der Waals surface area contributed by atoms with Gasteiger partial charge < -0.3 is 20.7 Å². The minimum absolute atomic E-state index is 0.217. The minimum Gasteiger partial charge on any atom is -0.393 e.